The monoisotopic (exact) mass is 347 g/mol. The normalized spacial score (nSPS) is 12.0. The number of anilines is 2. The number of primary sulfonamides is 1. The van der Waals surface area contributed by atoms with E-state index in [1.54, 1.807) is 0 Å². The summed E-state index contributed by atoms with van der Waals surface area (Å²) in [5.41, 5.74) is -0.993. The van der Waals surface area contributed by atoms with Crippen molar-refractivity contribution in [2.24, 2.45) is 5.14 Å². The molecule has 0 aliphatic carbocycles. The molecule has 1 heterocycles. The molecule has 1 aromatic heterocycles. The number of benzene rings is 1. The molecule has 23 heavy (non-hydrogen) atoms. The van der Waals surface area contributed by atoms with Crippen molar-refractivity contribution in [2.75, 3.05) is 12.4 Å². The molecule has 0 bridgehead atoms. The van der Waals surface area contributed by atoms with E-state index in [2.05, 4.69) is 10.3 Å². The van der Waals surface area contributed by atoms with Gasteiger partial charge in [0.1, 0.15) is 10.6 Å². The first-order valence-corrected chi connectivity index (χ1v) is 7.67. The van der Waals surface area contributed by atoms with Gasteiger partial charge in [-0.3, -0.25) is 0 Å². The first kappa shape index (κ1) is 17.0. The number of hydrogen-bond acceptors (Lipinski definition) is 5. The molecule has 0 saturated carbocycles. The van der Waals surface area contributed by atoms with Crippen molar-refractivity contribution in [3.63, 3.8) is 0 Å². The molecule has 1 aromatic carbocycles. The summed E-state index contributed by atoms with van der Waals surface area (Å²) in [4.78, 5) is 3.46. The Morgan fingerprint density at radius 3 is 2.52 bits per heavy atom. The number of rotatable bonds is 4. The maximum atomic E-state index is 12.9. The van der Waals surface area contributed by atoms with Crippen LogP contribution in [-0.2, 0) is 16.2 Å². The van der Waals surface area contributed by atoms with Gasteiger partial charge in [0.2, 0.25) is 10.0 Å². The standard InChI is InChI=1S/C13H12F3N3O3S/c1-22-10-6-8(13(14,15)16)5-9(7-10)19-12-11(23(17,20)21)3-2-4-18-12/h2-7H,1H3,(H,18,19)(H2,17,20,21). The van der Waals surface area contributed by atoms with Gasteiger partial charge in [0.25, 0.3) is 0 Å². The number of halogens is 3. The van der Waals surface area contributed by atoms with Crippen LogP contribution in [0.1, 0.15) is 5.56 Å². The summed E-state index contributed by atoms with van der Waals surface area (Å²) < 4.78 is 66.4. The average Bonchev–Trinajstić information content (AvgIpc) is 2.45. The minimum absolute atomic E-state index is 0.0414. The fraction of sp³-hybridized carbons (Fsp3) is 0.154. The molecule has 0 saturated heterocycles. The Kier molecular flexibility index (Phi) is 4.48. The second kappa shape index (κ2) is 6.05. The molecule has 0 aliphatic heterocycles. The molecular weight excluding hydrogens is 335 g/mol. The first-order chi connectivity index (χ1) is 10.6. The zero-order valence-electron chi connectivity index (χ0n) is 11.8. The molecule has 2 aromatic rings. The summed E-state index contributed by atoms with van der Waals surface area (Å²) in [7, 11) is -2.87. The molecule has 0 amide bonds. The van der Waals surface area contributed by atoms with E-state index in [1.807, 2.05) is 0 Å². The Hall–Kier alpha value is -2.33. The molecule has 0 fully saturated rings. The van der Waals surface area contributed by atoms with E-state index < -0.39 is 21.8 Å². The van der Waals surface area contributed by atoms with Crippen molar-refractivity contribution in [1.82, 2.24) is 4.98 Å². The van der Waals surface area contributed by atoms with Gasteiger partial charge in [-0.15, -0.1) is 0 Å². The van der Waals surface area contributed by atoms with E-state index in [-0.39, 0.29) is 22.2 Å². The third-order valence-electron chi connectivity index (χ3n) is 2.81. The molecule has 2 rings (SSSR count). The van der Waals surface area contributed by atoms with Crippen molar-refractivity contribution in [2.45, 2.75) is 11.1 Å². The number of alkyl halides is 3. The summed E-state index contributed by atoms with van der Waals surface area (Å²) in [6.45, 7) is 0. The molecule has 0 atom stereocenters. The minimum atomic E-state index is -4.59. The summed E-state index contributed by atoms with van der Waals surface area (Å²) >= 11 is 0. The average molecular weight is 347 g/mol. The Morgan fingerprint density at radius 2 is 1.96 bits per heavy atom. The van der Waals surface area contributed by atoms with Crippen LogP contribution in [0, 0.1) is 0 Å². The van der Waals surface area contributed by atoms with Gasteiger partial charge in [-0.05, 0) is 24.3 Å². The van der Waals surface area contributed by atoms with Gasteiger partial charge in [0, 0.05) is 18.0 Å². The predicted octanol–water partition coefficient (Wildman–Crippen LogP) is 2.50. The molecule has 0 spiro atoms. The van der Waals surface area contributed by atoms with Crippen LogP contribution in [0.25, 0.3) is 0 Å². The van der Waals surface area contributed by atoms with Crippen LogP contribution in [0.3, 0.4) is 0 Å². The van der Waals surface area contributed by atoms with Gasteiger partial charge in [0.15, 0.2) is 5.82 Å². The van der Waals surface area contributed by atoms with Crippen LogP contribution < -0.4 is 15.2 Å². The van der Waals surface area contributed by atoms with E-state index in [4.69, 9.17) is 9.88 Å². The molecule has 0 radical (unpaired) electrons. The molecule has 0 aliphatic rings. The largest absolute Gasteiger partial charge is 0.497 e. The van der Waals surface area contributed by atoms with Crippen molar-refractivity contribution >= 4 is 21.5 Å². The third-order valence-corrected chi connectivity index (χ3v) is 3.75. The van der Waals surface area contributed by atoms with Crippen LogP contribution in [0.5, 0.6) is 5.75 Å². The van der Waals surface area contributed by atoms with Gasteiger partial charge in [-0.2, -0.15) is 13.2 Å². The molecule has 0 unspecified atom stereocenters. The summed E-state index contributed by atoms with van der Waals surface area (Å²) in [6, 6.07) is 5.44. The SMILES string of the molecule is COc1cc(Nc2ncccc2S(N)(=O)=O)cc(C(F)(F)F)c1. The van der Waals surface area contributed by atoms with Gasteiger partial charge in [-0.1, -0.05) is 0 Å². The lowest BCUT2D eigenvalue weighted by molar-refractivity contribution is -0.137. The number of nitrogens with one attached hydrogen (secondary N) is 1. The fourth-order valence-electron chi connectivity index (χ4n) is 1.80. The van der Waals surface area contributed by atoms with Crippen LogP contribution in [0.2, 0.25) is 0 Å². The molecule has 124 valence electrons. The highest BCUT2D eigenvalue weighted by molar-refractivity contribution is 7.89. The van der Waals surface area contributed by atoms with Crippen LogP contribution in [-0.4, -0.2) is 20.5 Å². The topological polar surface area (TPSA) is 94.3 Å². The highest BCUT2D eigenvalue weighted by Crippen LogP contribution is 2.35. The molecule has 3 N–H and O–H groups in total. The Labute approximate surface area is 130 Å². The second-order valence-corrected chi connectivity index (χ2v) is 6.00. The van der Waals surface area contributed by atoms with Crippen molar-refractivity contribution in [3.05, 3.63) is 42.1 Å². The number of aromatic nitrogens is 1. The fourth-order valence-corrected chi connectivity index (χ4v) is 2.44. The van der Waals surface area contributed by atoms with Gasteiger partial charge in [-0.25, -0.2) is 18.5 Å². The lowest BCUT2D eigenvalue weighted by Crippen LogP contribution is -2.15. The second-order valence-electron chi connectivity index (χ2n) is 4.47. The van der Waals surface area contributed by atoms with Crippen molar-refractivity contribution < 1.29 is 26.3 Å². The summed E-state index contributed by atoms with van der Waals surface area (Å²) in [5.74, 6) is -0.230. The number of pyridine rings is 1. The summed E-state index contributed by atoms with van der Waals surface area (Å²) in [6.07, 6.45) is -3.31. The molecule has 6 nitrogen and oxygen atoms in total. The van der Waals surface area contributed by atoms with Gasteiger partial charge >= 0.3 is 6.18 Å². The number of methoxy groups -OCH3 is 1. The maximum Gasteiger partial charge on any atom is 0.416 e. The summed E-state index contributed by atoms with van der Waals surface area (Å²) in [5, 5.41) is 7.57. The zero-order valence-corrected chi connectivity index (χ0v) is 12.6. The van der Waals surface area contributed by atoms with E-state index in [0.717, 1.165) is 12.1 Å². The van der Waals surface area contributed by atoms with E-state index in [0.29, 0.717) is 0 Å². The lowest BCUT2D eigenvalue weighted by Gasteiger charge is -2.14. The van der Waals surface area contributed by atoms with Crippen molar-refractivity contribution in [1.29, 1.82) is 0 Å². The van der Waals surface area contributed by atoms with Crippen LogP contribution >= 0.6 is 0 Å². The predicted molar refractivity (Wildman–Crippen MR) is 76.9 cm³/mol. The highest BCUT2D eigenvalue weighted by atomic mass is 32.2. The minimum Gasteiger partial charge on any atom is -0.497 e. The Balaban J connectivity index is 2.49. The zero-order chi connectivity index (χ0) is 17.3. The first-order valence-electron chi connectivity index (χ1n) is 6.12. The van der Waals surface area contributed by atoms with Gasteiger partial charge in [0.05, 0.1) is 12.7 Å². The number of hydrogen-bond donors (Lipinski definition) is 2. The molecular formula is C13H12F3N3O3S. The lowest BCUT2D eigenvalue weighted by atomic mass is 10.1. The highest BCUT2D eigenvalue weighted by Gasteiger charge is 2.31. The number of sulfonamides is 1. The maximum absolute atomic E-state index is 12.9. The van der Waals surface area contributed by atoms with E-state index in [9.17, 15) is 21.6 Å². The number of nitrogens with two attached hydrogens (primary N) is 1. The Bertz CT molecular complexity index is 823. The van der Waals surface area contributed by atoms with Crippen molar-refractivity contribution in [3.8, 4) is 5.75 Å². The number of nitrogens with zero attached hydrogens (tertiary/aromatic N) is 1. The quantitative estimate of drug-likeness (QED) is 0.886. The third kappa shape index (κ3) is 4.11. The van der Waals surface area contributed by atoms with Gasteiger partial charge < -0.3 is 10.1 Å². The van der Waals surface area contributed by atoms with E-state index in [1.165, 1.54) is 31.5 Å². The van der Waals surface area contributed by atoms with E-state index >= 15 is 0 Å². The smallest absolute Gasteiger partial charge is 0.416 e. The van der Waals surface area contributed by atoms with Crippen LogP contribution in [0.4, 0.5) is 24.7 Å². The molecule has 10 heteroatoms. The Morgan fingerprint density at radius 1 is 1.26 bits per heavy atom. The van der Waals surface area contributed by atoms with Crippen LogP contribution in [0.15, 0.2) is 41.4 Å². The number of ether oxygens (including phenoxy) is 1.